The van der Waals surface area contributed by atoms with Gasteiger partial charge in [0.05, 0.1) is 5.69 Å². The predicted molar refractivity (Wildman–Crippen MR) is 89.3 cm³/mol. The molecule has 0 aliphatic rings. The summed E-state index contributed by atoms with van der Waals surface area (Å²) in [4.78, 5) is 20.3. The van der Waals surface area contributed by atoms with Crippen molar-refractivity contribution in [3.05, 3.63) is 82.5 Å². The third-order valence-electron chi connectivity index (χ3n) is 3.41. The van der Waals surface area contributed by atoms with E-state index in [4.69, 9.17) is 0 Å². The molecule has 23 heavy (non-hydrogen) atoms. The molecule has 0 aliphatic carbocycles. The van der Waals surface area contributed by atoms with E-state index in [1.807, 2.05) is 61.5 Å². The summed E-state index contributed by atoms with van der Waals surface area (Å²) in [5, 5.41) is 0. The monoisotopic (exact) mass is 307 g/mol. The van der Waals surface area contributed by atoms with E-state index in [0.29, 0.717) is 6.54 Å². The van der Waals surface area contributed by atoms with Crippen LogP contribution < -0.4 is 16.5 Å². The second-order valence-electron chi connectivity index (χ2n) is 5.08. The zero-order valence-electron chi connectivity index (χ0n) is 12.7. The second kappa shape index (κ2) is 6.85. The number of hydrogen-bond acceptors (Lipinski definition) is 5. The van der Waals surface area contributed by atoms with Crippen molar-refractivity contribution < 1.29 is 0 Å². The molecule has 0 saturated carbocycles. The Balaban J connectivity index is 1.70. The summed E-state index contributed by atoms with van der Waals surface area (Å²) in [6.45, 7) is 2.54. The van der Waals surface area contributed by atoms with E-state index in [9.17, 15) is 4.79 Å². The summed E-state index contributed by atoms with van der Waals surface area (Å²) in [6, 6.07) is 17.5. The molecule has 6 heteroatoms. The van der Waals surface area contributed by atoms with Crippen molar-refractivity contribution in [2.24, 2.45) is 0 Å². The van der Waals surface area contributed by atoms with Gasteiger partial charge in [-0.05, 0) is 24.1 Å². The molecular weight excluding hydrogens is 290 g/mol. The summed E-state index contributed by atoms with van der Waals surface area (Å²) in [5.74, 6) is 0.246. The van der Waals surface area contributed by atoms with Gasteiger partial charge in [-0.25, -0.2) is 15.2 Å². The highest BCUT2D eigenvalue weighted by Crippen LogP contribution is 2.10. The molecule has 2 N–H and O–H groups in total. The van der Waals surface area contributed by atoms with Gasteiger partial charge >= 0.3 is 5.69 Å². The summed E-state index contributed by atoms with van der Waals surface area (Å²) in [5.41, 5.74) is 8.34. The van der Waals surface area contributed by atoms with Crippen molar-refractivity contribution in [2.45, 2.75) is 13.5 Å². The van der Waals surface area contributed by atoms with Gasteiger partial charge in [0.15, 0.2) is 0 Å². The van der Waals surface area contributed by atoms with Crippen LogP contribution in [0.5, 0.6) is 0 Å². The van der Waals surface area contributed by atoms with Crippen LogP contribution in [0.3, 0.4) is 0 Å². The summed E-state index contributed by atoms with van der Waals surface area (Å²) < 4.78 is 1.43. The smallest absolute Gasteiger partial charge is 0.289 e. The lowest BCUT2D eigenvalue weighted by Gasteiger charge is -2.10. The maximum absolute atomic E-state index is 12.2. The lowest BCUT2D eigenvalue weighted by atomic mass is 10.2. The molecule has 0 unspecified atom stereocenters. The molecule has 0 amide bonds. The third-order valence-corrected chi connectivity index (χ3v) is 3.41. The highest BCUT2D eigenvalue weighted by molar-refractivity contribution is 5.39. The van der Waals surface area contributed by atoms with Crippen LogP contribution in [0.4, 0.5) is 5.95 Å². The fourth-order valence-electron chi connectivity index (χ4n) is 2.22. The van der Waals surface area contributed by atoms with Crippen molar-refractivity contribution in [3.8, 4) is 5.69 Å². The SMILES string of the molecule is Cc1ccccc1-n1cnc(NNCc2ccccc2)nc1=O. The number of aromatic nitrogens is 3. The maximum atomic E-state index is 12.2. The van der Waals surface area contributed by atoms with Crippen LogP contribution >= 0.6 is 0 Å². The number of nitrogens with zero attached hydrogens (tertiary/aromatic N) is 3. The van der Waals surface area contributed by atoms with Gasteiger partial charge in [0.1, 0.15) is 6.33 Å². The Hall–Kier alpha value is -2.99. The molecule has 2 aromatic carbocycles. The average Bonchev–Trinajstić information content (AvgIpc) is 2.57. The van der Waals surface area contributed by atoms with Crippen LogP contribution in [0, 0.1) is 6.92 Å². The number of anilines is 1. The Bertz CT molecular complexity index is 845. The standard InChI is InChI=1S/C17H17N5O/c1-13-7-5-6-10-15(13)22-12-18-16(20-17(22)23)21-19-11-14-8-3-2-4-9-14/h2-10,12,19H,11H2,1H3,(H,20,21,23). The molecule has 0 fully saturated rings. The summed E-state index contributed by atoms with van der Waals surface area (Å²) >= 11 is 0. The first kappa shape index (κ1) is 14.9. The van der Waals surface area contributed by atoms with E-state index in [2.05, 4.69) is 20.8 Å². The van der Waals surface area contributed by atoms with Gasteiger partial charge < -0.3 is 0 Å². The molecule has 0 saturated heterocycles. The van der Waals surface area contributed by atoms with Crippen LogP contribution in [0.1, 0.15) is 11.1 Å². The van der Waals surface area contributed by atoms with Gasteiger partial charge in [-0.15, -0.1) is 0 Å². The minimum Gasteiger partial charge on any atom is -0.289 e. The highest BCUT2D eigenvalue weighted by Gasteiger charge is 2.05. The van der Waals surface area contributed by atoms with E-state index in [0.717, 1.165) is 16.8 Å². The van der Waals surface area contributed by atoms with E-state index in [-0.39, 0.29) is 11.6 Å². The molecule has 6 nitrogen and oxygen atoms in total. The van der Waals surface area contributed by atoms with Crippen molar-refractivity contribution >= 4 is 5.95 Å². The van der Waals surface area contributed by atoms with Gasteiger partial charge in [-0.1, -0.05) is 48.5 Å². The second-order valence-corrected chi connectivity index (χ2v) is 5.08. The third kappa shape index (κ3) is 3.61. The molecule has 0 spiro atoms. The van der Waals surface area contributed by atoms with Crippen LogP contribution in [0.2, 0.25) is 0 Å². The first-order valence-electron chi connectivity index (χ1n) is 7.28. The van der Waals surface area contributed by atoms with Crippen molar-refractivity contribution in [2.75, 3.05) is 5.43 Å². The molecular formula is C17H17N5O. The molecule has 1 aromatic heterocycles. The Morgan fingerprint density at radius 2 is 1.78 bits per heavy atom. The van der Waals surface area contributed by atoms with Crippen LogP contribution in [-0.2, 0) is 6.54 Å². The van der Waals surface area contributed by atoms with Crippen LogP contribution in [0.25, 0.3) is 5.69 Å². The topological polar surface area (TPSA) is 71.8 Å². The molecule has 0 aliphatic heterocycles. The van der Waals surface area contributed by atoms with Gasteiger partial charge in [0, 0.05) is 6.54 Å². The minimum atomic E-state index is -0.377. The quantitative estimate of drug-likeness (QED) is 0.706. The lowest BCUT2D eigenvalue weighted by molar-refractivity contribution is 0.766. The van der Waals surface area contributed by atoms with Gasteiger partial charge in [0.25, 0.3) is 0 Å². The number of para-hydroxylation sites is 1. The Labute approximate surface area is 133 Å². The van der Waals surface area contributed by atoms with Gasteiger partial charge in [-0.2, -0.15) is 4.98 Å². The fourth-order valence-corrected chi connectivity index (χ4v) is 2.22. The van der Waals surface area contributed by atoms with Crippen molar-refractivity contribution in [1.29, 1.82) is 0 Å². The van der Waals surface area contributed by atoms with Crippen molar-refractivity contribution in [3.63, 3.8) is 0 Å². The molecule has 0 radical (unpaired) electrons. The maximum Gasteiger partial charge on any atom is 0.356 e. The first-order valence-corrected chi connectivity index (χ1v) is 7.28. The minimum absolute atomic E-state index is 0.246. The highest BCUT2D eigenvalue weighted by atomic mass is 16.1. The normalized spacial score (nSPS) is 10.5. The number of hydrazine groups is 1. The Kier molecular flexibility index (Phi) is 4.44. The van der Waals surface area contributed by atoms with E-state index < -0.39 is 0 Å². The van der Waals surface area contributed by atoms with Gasteiger partial charge in [0.2, 0.25) is 5.95 Å². The van der Waals surface area contributed by atoms with Crippen LogP contribution in [0.15, 0.2) is 65.7 Å². The molecule has 3 rings (SSSR count). The summed E-state index contributed by atoms with van der Waals surface area (Å²) in [6.07, 6.45) is 1.48. The van der Waals surface area contributed by atoms with E-state index >= 15 is 0 Å². The Morgan fingerprint density at radius 3 is 2.52 bits per heavy atom. The number of hydrogen-bond donors (Lipinski definition) is 2. The predicted octanol–water partition coefficient (Wildman–Crippen LogP) is 2.05. The molecule has 0 atom stereocenters. The number of benzene rings is 2. The zero-order chi connectivity index (χ0) is 16.1. The first-order chi connectivity index (χ1) is 11.2. The Morgan fingerprint density at radius 1 is 1.04 bits per heavy atom. The lowest BCUT2D eigenvalue weighted by Crippen LogP contribution is -2.28. The molecule has 0 bridgehead atoms. The zero-order valence-corrected chi connectivity index (χ0v) is 12.7. The largest absolute Gasteiger partial charge is 0.356 e. The average molecular weight is 307 g/mol. The van der Waals surface area contributed by atoms with Gasteiger partial charge in [-0.3, -0.25) is 9.99 Å². The fraction of sp³-hybridized carbons (Fsp3) is 0.118. The molecule has 116 valence electrons. The van der Waals surface area contributed by atoms with E-state index in [1.165, 1.54) is 10.9 Å². The molecule has 3 aromatic rings. The van der Waals surface area contributed by atoms with Crippen molar-refractivity contribution in [1.82, 2.24) is 20.0 Å². The van der Waals surface area contributed by atoms with E-state index in [1.54, 1.807) is 0 Å². The number of rotatable bonds is 5. The molecule has 1 heterocycles. The summed E-state index contributed by atoms with van der Waals surface area (Å²) in [7, 11) is 0. The van der Waals surface area contributed by atoms with Crippen LogP contribution in [-0.4, -0.2) is 14.5 Å². The number of aryl methyl sites for hydroxylation is 1. The number of nitrogens with one attached hydrogen (secondary N) is 2.